The van der Waals surface area contributed by atoms with E-state index in [0.29, 0.717) is 19.4 Å². The Kier molecular flexibility index (Phi) is 6.45. The summed E-state index contributed by atoms with van der Waals surface area (Å²) in [6, 6.07) is 13.6. The maximum absolute atomic E-state index is 10.6. The second-order valence-electron chi connectivity index (χ2n) is 5.47. The van der Waals surface area contributed by atoms with Crippen molar-refractivity contribution in [3.63, 3.8) is 0 Å². The molecule has 24 heavy (non-hydrogen) atoms. The highest BCUT2D eigenvalue weighted by molar-refractivity contribution is 7.85. The molecular formula is C17H21N3O3S. The van der Waals surface area contributed by atoms with E-state index in [4.69, 9.17) is 0 Å². The van der Waals surface area contributed by atoms with Gasteiger partial charge in [-0.15, -0.1) is 0 Å². The number of unbranched alkanes of at least 4 members (excludes halogenated alkanes) is 1. The van der Waals surface area contributed by atoms with Crippen LogP contribution in [0.2, 0.25) is 0 Å². The highest BCUT2D eigenvalue weighted by atomic mass is 32.2. The normalized spacial score (nSPS) is 12.2. The van der Waals surface area contributed by atoms with E-state index in [1.165, 1.54) is 0 Å². The molecule has 0 spiro atoms. The lowest BCUT2D eigenvalue weighted by Crippen LogP contribution is -2.34. The molecule has 1 heterocycles. The lowest BCUT2D eigenvalue weighted by molar-refractivity contribution is -0.697. The quantitative estimate of drug-likeness (QED) is 0.261. The Morgan fingerprint density at radius 3 is 2.62 bits per heavy atom. The molecule has 7 heteroatoms. The Hall–Kier alpha value is -2.25. The molecule has 1 aromatic heterocycles. The number of anilines is 1. The van der Waals surface area contributed by atoms with E-state index >= 15 is 0 Å². The van der Waals surface area contributed by atoms with Crippen molar-refractivity contribution in [1.29, 1.82) is 0 Å². The van der Waals surface area contributed by atoms with Gasteiger partial charge in [0, 0.05) is 18.2 Å². The van der Waals surface area contributed by atoms with Gasteiger partial charge >= 0.3 is 0 Å². The SMILES string of the molecule is C/C(=N/Nc1ccccc1)c1ccc[n+](CCCCS(=O)(=O)[O-])c1. The van der Waals surface area contributed by atoms with Gasteiger partial charge in [-0.25, -0.2) is 13.0 Å². The number of nitrogens with one attached hydrogen (secondary N) is 1. The van der Waals surface area contributed by atoms with Gasteiger partial charge in [0.15, 0.2) is 12.4 Å². The van der Waals surface area contributed by atoms with Crippen LogP contribution in [0.25, 0.3) is 0 Å². The summed E-state index contributed by atoms with van der Waals surface area (Å²) in [4.78, 5) is 0. The zero-order valence-corrected chi connectivity index (χ0v) is 14.4. The third kappa shape index (κ3) is 6.47. The Morgan fingerprint density at radius 1 is 1.17 bits per heavy atom. The molecule has 0 saturated carbocycles. The molecule has 0 aliphatic heterocycles. The second kappa shape index (κ2) is 8.56. The number of aryl methyl sites for hydroxylation is 1. The number of rotatable bonds is 8. The average molecular weight is 347 g/mol. The zero-order chi connectivity index (χ0) is 17.4. The fraction of sp³-hybridized carbons (Fsp3) is 0.294. The van der Waals surface area contributed by atoms with Crippen molar-refractivity contribution in [3.8, 4) is 0 Å². The molecule has 2 aromatic rings. The van der Waals surface area contributed by atoms with Gasteiger partial charge in [0.25, 0.3) is 0 Å². The number of pyridine rings is 1. The van der Waals surface area contributed by atoms with Crippen molar-refractivity contribution < 1.29 is 17.5 Å². The predicted octanol–water partition coefficient (Wildman–Crippen LogP) is 2.14. The number of nitrogens with zero attached hydrogens (tertiary/aromatic N) is 2. The minimum atomic E-state index is -4.12. The van der Waals surface area contributed by atoms with Gasteiger partial charge < -0.3 is 4.55 Å². The molecule has 1 aromatic carbocycles. The molecular weight excluding hydrogens is 326 g/mol. The van der Waals surface area contributed by atoms with Gasteiger partial charge in [-0.05, 0) is 31.5 Å². The van der Waals surface area contributed by atoms with Crippen molar-refractivity contribution in [2.45, 2.75) is 26.3 Å². The van der Waals surface area contributed by atoms with Gasteiger partial charge in [-0.1, -0.05) is 18.2 Å². The summed E-state index contributed by atoms with van der Waals surface area (Å²) < 4.78 is 33.7. The van der Waals surface area contributed by atoms with Crippen molar-refractivity contribution >= 4 is 21.5 Å². The van der Waals surface area contributed by atoms with Crippen LogP contribution in [0.15, 0.2) is 60.0 Å². The minimum absolute atomic E-state index is 0.311. The van der Waals surface area contributed by atoms with Gasteiger partial charge in [0.05, 0.1) is 27.1 Å². The lowest BCUT2D eigenvalue weighted by Gasteiger charge is -2.05. The smallest absolute Gasteiger partial charge is 0.177 e. The van der Waals surface area contributed by atoms with E-state index in [9.17, 15) is 13.0 Å². The lowest BCUT2D eigenvalue weighted by atomic mass is 10.2. The summed E-state index contributed by atoms with van der Waals surface area (Å²) in [6.07, 6.45) is 4.87. The number of hydrogen-bond acceptors (Lipinski definition) is 5. The summed E-state index contributed by atoms with van der Waals surface area (Å²) >= 11 is 0. The van der Waals surface area contributed by atoms with Crippen LogP contribution in [0, 0.1) is 0 Å². The van der Waals surface area contributed by atoms with Crippen molar-refractivity contribution in [2.75, 3.05) is 11.2 Å². The molecule has 0 unspecified atom stereocenters. The second-order valence-corrected chi connectivity index (χ2v) is 7.00. The van der Waals surface area contributed by atoms with Crippen LogP contribution in [0.1, 0.15) is 25.3 Å². The van der Waals surface area contributed by atoms with E-state index in [-0.39, 0.29) is 5.75 Å². The van der Waals surface area contributed by atoms with Gasteiger partial charge in [0.2, 0.25) is 0 Å². The molecule has 0 fully saturated rings. The first-order chi connectivity index (χ1) is 11.4. The van der Waals surface area contributed by atoms with E-state index in [1.807, 2.05) is 66.3 Å². The number of hydrogen-bond donors (Lipinski definition) is 1. The third-order valence-electron chi connectivity index (χ3n) is 3.46. The third-order valence-corrected chi connectivity index (χ3v) is 4.25. The highest BCUT2D eigenvalue weighted by Crippen LogP contribution is 2.06. The standard InChI is InChI=1S/C17H21N3O3S/c1-15(18-19-17-9-3-2-4-10-17)16-8-7-12-20(14-16)11-5-6-13-24(21,22)23/h2-4,7-10,12,14,19H,5-6,11,13H2,1H3/b18-15-. The summed E-state index contributed by atoms with van der Waals surface area (Å²) in [5, 5.41) is 4.37. The first kappa shape index (κ1) is 18.1. The molecule has 0 atom stereocenters. The fourth-order valence-electron chi connectivity index (χ4n) is 2.17. The van der Waals surface area contributed by atoms with Gasteiger partial charge in [-0.3, -0.25) is 5.43 Å². The van der Waals surface area contributed by atoms with Crippen molar-refractivity contribution in [2.24, 2.45) is 5.10 Å². The van der Waals surface area contributed by atoms with E-state index in [2.05, 4.69) is 10.5 Å². The van der Waals surface area contributed by atoms with E-state index < -0.39 is 10.1 Å². The molecule has 0 aliphatic rings. The maximum atomic E-state index is 10.6. The summed E-state index contributed by atoms with van der Waals surface area (Å²) in [5.41, 5.74) is 5.74. The molecule has 6 nitrogen and oxygen atoms in total. The molecule has 0 aliphatic carbocycles. The van der Waals surface area contributed by atoms with Crippen molar-refractivity contribution in [1.82, 2.24) is 0 Å². The van der Waals surface area contributed by atoms with E-state index in [0.717, 1.165) is 17.0 Å². The van der Waals surface area contributed by atoms with Crippen LogP contribution in [0.5, 0.6) is 0 Å². The van der Waals surface area contributed by atoms with Crippen LogP contribution in [0.4, 0.5) is 5.69 Å². The molecule has 0 amide bonds. The molecule has 2 rings (SSSR count). The Labute approximate surface area is 142 Å². The summed E-state index contributed by atoms with van der Waals surface area (Å²) in [5.74, 6) is -0.311. The molecule has 0 saturated heterocycles. The van der Waals surface area contributed by atoms with Crippen LogP contribution in [0.3, 0.4) is 0 Å². The Morgan fingerprint density at radius 2 is 1.92 bits per heavy atom. The summed E-state index contributed by atoms with van der Waals surface area (Å²) in [6.45, 7) is 2.57. The zero-order valence-electron chi connectivity index (χ0n) is 13.6. The monoisotopic (exact) mass is 347 g/mol. The molecule has 0 radical (unpaired) electrons. The predicted molar refractivity (Wildman–Crippen MR) is 92.7 cm³/mol. The number of para-hydroxylation sites is 1. The Balaban J connectivity index is 1.93. The topological polar surface area (TPSA) is 85.5 Å². The minimum Gasteiger partial charge on any atom is -0.748 e. The van der Waals surface area contributed by atoms with Crippen LogP contribution in [-0.4, -0.2) is 24.4 Å². The Bertz CT molecular complexity index is 790. The first-order valence-electron chi connectivity index (χ1n) is 7.72. The van der Waals surface area contributed by atoms with Crippen molar-refractivity contribution in [3.05, 3.63) is 60.4 Å². The number of benzene rings is 1. The average Bonchev–Trinajstić information content (AvgIpc) is 2.57. The highest BCUT2D eigenvalue weighted by Gasteiger charge is 2.06. The fourth-order valence-corrected chi connectivity index (χ4v) is 2.73. The maximum Gasteiger partial charge on any atom is 0.177 e. The molecule has 1 N–H and O–H groups in total. The van der Waals surface area contributed by atoms with Gasteiger partial charge in [0.1, 0.15) is 6.54 Å². The number of hydrazone groups is 1. The molecule has 128 valence electrons. The van der Waals surface area contributed by atoms with Crippen LogP contribution in [-0.2, 0) is 16.7 Å². The largest absolute Gasteiger partial charge is 0.748 e. The molecule has 0 bridgehead atoms. The van der Waals surface area contributed by atoms with Gasteiger partial charge in [-0.2, -0.15) is 5.10 Å². The van der Waals surface area contributed by atoms with Crippen LogP contribution >= 0.6 is 0 Å². The number of aromatic nitrogens is 1. The van der Waals surface area contributed by atoms with Crippen LogP contribution < -0.4 is 9.99 Å². The van der Waals surface area contributed by atoms with E-state index in [1.54, 1.807) is 0 Å². The first-order valence-corrected chi connectivity index (χ1v) is 9.30. The summed E-state index contributed by atoms with van der Waals surface area (Å²) in [7, 11) is -4.12.